The summed E-state index contributed by atoms with van der Waals surface area (Å²) in [5.41, 5.74) is 2.94. The molecule has 0 heterocycles. The molecule has 0 fully saturated rings. The average Bonchev–Trinajstić information content (AvgIpc) is 2.58. The molecule has 0 atom stereocenters. The summed E-state index contributed by atoms with van der Waals surface area (Å²) in [6.45, 7) is 8.06. The van der Waals surface area contributed by atoms with E-state index in [1.54, 1.807) is 32.0 Å². The summed E-state index contributed by atoms with van der Waals surface area (Å²) in [5.74, 6) is 0.596. The maximum Gasteiger partial charge on any atom is 0.240 e. The second-order valence-electron chi connectivity index (χ2n) is 7.12. The van der Waals surface area contributed by atoms with Crippen LogP contribution in [0.3, 0.4) is 0 Å². The van der Waals surface area contributed by atoms with Crippen molar-refractivity contribution in [3.05, 3.63) is 59.2 Å². The molecule has 0 saturated carbocycles. The van der Waals surface area contributed by atoms with E-state index in [1.165, 1.54) is 6.07 Å². The van der Waals surface area contributed by atoms with Gasteiger partial charge in [0, 0.05) is 12.6 Å². The molecular formula is C21H28N2O4S. The summed E-state index contributed by atoms with van der Waals surface area (Å²) in [6.07, 6.45) is 0.222. The van der Waals surface area contributed by atoms with Crippen molar-refractivity contribution in [3.63, 3.8) is 0 Å². The Morgan fingerprint density at radius 1 is 1.07 bits per heavy atom. The monoisotopic (exact) mass is 404 g/mol. The maximum atomic E-state index is 12.2. The van der Waals surface area contributed by atoms with Gasteiger partial charge in [0.15, 0.2) is 0 Å². The van der Waals surface area contributed by atoms with Crippen molar-refractivity contribution in [1.29, 1.82) is 0 Å². The molecule has 0 aliphatic carbocycles. The summed E-state index contributed by atoms with van der Waals surface area (Å²) >= 11 is 0. The zero-order chi connectivity index (χ0) is 20.7. The first-order chi connectivity index (χ1) is 13.2. The van der Waals surface area contributed by atoms with Crippen LogP contribution in [-0.4, -0.2) is 27.0 Å². The zero-order valence-corrected chi connectivity index (χ0v) is 17.6. The predicted molar refractivity (Wildman–Crippen MR) is 110 cm³/mol. The maximum absolute atomic E-state index is 12.2. The second-order valence-corrected chi connectivity index (χ2v) is 8.84. The van der Waals surface area contributed by atoms with E-state index in [9.17, 15) is 13.2 Å². The number of ether oxygens (including phenoxy) is 1. The average molecular weight is 405 g/mol. The zero-order valence-electron chi connectivity index (χ0n) is 16.8. The van der Waals surface area contributed by atoms with Crippen molar-refractivity contribution in [3.8, 4) is 5.75 Å². The largest absolute Gasteiger partial charge is 0.493 e. The third kappa shape index (κ3) is 6.98. The van der Waals surface area contributed by atoms with Crippen molar-refractivity contribution in [2.45, 2.75) is 51.6 Å². The van der Waals surface area contributed by atoms with Gasteiger partial charge in [0.1, 0.15) is 5.75 Å². The van der Waals surface area contributed by atoms with E-state index < -0.39 is 10.0 Å². The molecule has 2 aromatic carbocycles. The first kappa shape index (κ1) is 21.9. The van der Waals surface area contributed by atoms with Crippen LogP contribution in [0.25, 0.3) is 0 Å². The normalized spacial score (nSPS) is 11.5. The molecule has 2 N–H and O–H groups in total. The Labute approximate surface area is 167 Å². The predicted octanol–water partition coefficient (Wildman–Crippen LogP) is 3.08. The van der Waals surface area contributed by atoms with E-state index in [0.717, 1.165) is 22.4 Å². The fourth-order valence-corrected chi connectivity index (χ4v) is 4.09. The molecule has 0 saturated heterocycles. The molecule has 0 radical (unpaired) electrons. The molecule has 7 heteroatoms. The standard InChI is InChI=1S/C21H28N2O4S/c1-15(2)23-28(25,26)20-7-5-6-18(13-20)14-22-21(24)8-9-27-19-11-16(3)10-17(4)12-19/h5-7,10-13,15,23H,8-9,14H2,1-4H3,(H,22,24). The van der Waals surface area contributed by atoms with Crippen LogP contribution >= 0.6 is 0 Å². The summed E-state index contributed by atoms with van der Waals surface area (Å²) in [7, 11) is -3.56. The summed E-state index contributed by atoms with van der Waals surface area (Å²) in [4.78, 5) is 12.2. The van der Waals surface area contributed by atoms with Gasteiger partial charge in [-0.15, -0.1) is 0 Å². The highest BCUT2D eigenvalue weighted by Gasteiger charge is 2.15. The summed E-state index contributed by atoms with van der Waals surface area (Å²) in [6, 6.07) is 12.3. The highest BCUT2D eigenvalue weighted by Crippen LogP contribution is 2.16. The molecule has 1 amide bonds. The van der Waals surface area contributed by atoms with Crippen LogP contribution < -0.4 is 14.8 Å². The van der Waals surface area contributed by atoms with Gasteiger partial charge in [0.05, 0.1) is 17.9 Å². The van der Waals surface area contributed by atoms with Gasteiger partial charge in [0.2, 0.25) is 15.9 Å². The Morgan fingerprint density at radius 2 is 1.75 bits per heavy atom. The van der Waals surface area contributed by atoms with Crippen molar-refractivity contribution in [2.24, 2.45) is 0 Å². The summed E-state index contributed by atoms with van der Waals surface area (Å²) < 4.78 is 32.7. The first-order valence-electron chi connectivity index (χ1n) is 9.25. The van der Waals surface area contributed by atoms with Gasteiger partial charge in [-0.2, -0.15) is 0 Å². The van der Waals surface area contributed by atoms with Gasteiger partial charge in [-0.3, -0.25) is 4.79 Å². The Morgan fingerprint density at radius 3 is 2.39 bits per heavy atom. The minimum Gasteiger partial charge on any atom is -0.493 e. The van der Waals surface area contributed by atoms with Crippen molar-refractivity contribution < 1.29 is 17.9 Å². The van der Waals surface area contributed by atoms with Crippen LogP contribution in [0.5, 0.6) is 5.75 Å². The SMILES string of the molecule is Cc1cc(C)cc(OCCC(=O)NCc2cccc(S(=O)(=O)NC(C)C)c2)c1. The van der Waals surface area contributed by atoms with Crippen LogP contribution in [0.4, 0.5) is 0 Å². The first-order valence-corrected chi connectivity index (χ1v) is 10.7. The lowest BCUT2D eigenvalue weighted by molar-refractivity contribution is -0.121. The van der Waals surface area contributed by atoms with Crippen molar-refractivity contribution >= 4 is 15.9 Å². The summed E-state index contributed by atoms with van der Waals surface area (Å²) in [5, 5.41) is 2.79. The van der Waals surface area contributed by atoms with Gasteiger partial charge in [-0.1, -0.05) is 18.2 Å². The molecule has 0 aliphatic rings. The molecule has 0 aromatic heterocycles. The lowest BCUT2D eigenvalue weighted by Crippen LogP contribution is -2.30. The van der Waals surface area contributed by atoms with Crippen LogP contribution in [0, 0.1) is 13.8 Å². The lowest BCUT2D eigenvalue weighted by atomic mass is 10.1. The molecule has 152 valence electrons. The van der Waals surface area contributed by atoms with E-state index >= 15 is 0 Å². The Bertz CT molecular complexity index is 904. The molecular weight excluding hydrogens is 376 g/mol. The Hall–Kier alpha value is -2.38. The topological polar surface area (TPSA) is 84.5 Å². The number of carbonyl (C=O) groups is 1. The molecule has 6 nitrogen and oxygen atoms in total. The molecule has 28 heavy (non-hydrogen) atoms. The van der Waals surface area contributed by atoms with Crippen LogP contribution in [0.15, 0.2) is 47.4 Å². The van der Waals surface area contributed by atoms with Gasteiger partial charge in [-0.05, 0) is 68.7 Å². The van der Waals surface area contributed by atoms with Crippen LogP contribution in [0.1, 0.15) is 37.0 Å². The number of nitrogens with one attached hydrogen (secondary N) is 2. The molecule has 0 aliphatic heterocycles. The Kier molecular flexibility index (Phi) is 7.60. The molecule has 0 spiro atoms. The van der Waals surface area contributed by atoms with E-state index in [1.807, 2.05) is 26.0 Å². The number of carbonyl (C=O) groups excluding carboxylic acids is 1. The number of benzene rings is 2. The molecule has 2 rings (SSSR count). The van der Waals surface area contributed by atoms with Crippen molar-refractivity contribution in [2.75, 3.05) is 6.61 Å². The number of rotatable bonds is 9. The smallest absolute Gasteiger partial charge is 0.240 e. The minimum absolute atomic E-state index is 0.155. The minimum atomic E-state index is -3.56. The quantitative estimate of drug-likeness (QED) is 0.673. The highest BCUT2D eigenvalue weighted by atomic mass is 32.2. The van der Waals surface area contributed by atoms with E-state index in [0.29, 0.717) is 0 Å². The third-order valence-corrected chi connectivity index (χ3v) is 5.54. The lowest BCUT2D eigenvalue weighted by Gasteiger charge is -2.11. The number of aryl methyl sites for hydroxylation is 2. The third-order valence-electron chi connectivity index (χ3n) is 3.88. The number of amides is 1. The van der Waals surface area contributed by atoms with E-state index in [4.69, 9.17) is 4.74 Å². The fourth-order valence-electron chi connectivity index (χ4n) is 2.77. The van der Waals surface area contributed by atoms with Gasteiger partial charge in [-0.25, -0.2) is 13.1 Å². The molecule has 2 aromatic rings. The van der Waals surface area contributed by atoms with Crippen LogP contribution in [0.2, 0.25) is 0 Å². The van der Waals surface area contributed by atoms with Gasteiger partial charge in [0.25, 0.3) is 0 Å². The Balaban J connectivity index is 1.85. The highest BCUT2D eigenvalue weighted by molar-refractivity contribution is 7.89. The van der Waals surface area contributed by atoms with Gasteiger partial charge < -0.3 is 10.1 Å². The van der Waals surface area contributed by atoms with E-state index in [-0.39, 0.29) is 36.4 Å². The molecule has 0 bridgehead atoms. The second kappa shape index (κ2) is 9.71. The fraction of sp³-hybridized carbons (Fsp3) is 0.381. The van der Waals surface area contributed by atoms with Crippen molar-refractivity contribution in [1.82, 2.24) is 10.0 Å². The molecule has 0 unspecified atom stereocenters. The number of hydrogen-bond donors (Lipinski definition) is 2. The van der Waals surface area contributed by atoms with Gasteiger partial charge >= 0.3 is 0 Å². The van der Waals surface area contributed by atoms with Crippen LogP contribution in [-0.2, 0) is 21.4 Å². The number of sulfonamides is 1. The number of hydrogen-bond acceptors (Lipinski definition) is 4. The van der Waals surface area contributed by atoms with E-state index in [2.05, 4.69) is 16.1 Å².